The van der Waals surface area contributed by atoms with E-state index in [4.69, 9.17) is 22.4 Å². The summed E-state index contributed by atoms with van der Waals surface area (Å²) in [6, 6.07) is 2.97. The fraction of sp³-hybridized carbons (Fsp3) is 0. The van der Waals surface area contributed by atoms with E-state index in [1.54, 1.807) is 10.6 Å². The molecule has 18 heavy (non-hydrogen) atoms. The number of benzene rings is 1. The van der Waals surface area contributed by atoms with Gasteiger partial charge in [-0.2, -0.15) is 0 Å². The van der Waals surface area contributed by atoms with Crippen LogP contribution in [0.4, 0.5) is 5.95 Å². The number of imidazole rings is 1. The summed E-state index contributed by atoms with van der Waals surface area (Å²) in [6.45, 7) is 0. The van der Waals surface area contributed by atoms with Crippen molar-refractivity contribution in [2.45, 2.75) is 0 Å². The molecule has 0 aliphatic carbocycles. The molecule has 1 aromatic carbocycles. The molecule has 7 heteroatoms. The van der Waals surface area contributed by atoms with Gasteiger partial charge in [0.2, 0.25) is 5.95 Å². The van der Waals surface area contributed by atoms with E-state index >= 15 is 0 Å². The number of nitrogen functional groups attached to an aromatic ring is 1. The van der Waals surface area contributed by atoms with Crippen LogP contribution in [0, 0.1) is 0 Å². The summed E-state index contributed by atoms with van der Waals surface area (Å²) in [4.78, 5) is 19.2. The molecular formula is C11H7ClN4O2. The monoisotopic (exact) mass is 262 g/mol. The highest BCUT2D eigenvalue weighted by Gasteiger charge is 2.13. The summed E-state index contributed by atoms with van der Waals surface area (Å²) < 4.78 is 1.59. The summed E-state index contributed by atoms with van der Waals surface area (Å²) in [5, 5.41) is 9.82. The van der Waals surface area contributed by atoms with E-state index in [2.05, 4.69) is 9.97 Å². The largest absolute Gasteiger partial charge is 0.478 e. The molecule has 6 nitrogen and oxygen atoms in total. The van der Waals surface area contributed by atoms with Crippen molar-refractivity contribution < 1.29 is 9.90 Å². The number of halogens is 1. The second-order valence-electron chi connectivity index (χ2n) is 3.77. The van der Waals surface area contributed by atoms with E-state index in [1.807, 2.05) is 0 Å². The zero-order chi connectivity index (χ0) is 12.9. The van der Waals surface area contributed by atoms with Crippen molar-refractivity contribution in [1.82, 2.24) is 14.4 Å². The minimum absolute atomic E-state index is 0.0267. The second kappa shape index (κ2) is 3.58. The molecule has 0 radical (unpaired) electrons. The van der Waals surface area contributed by atoms with Crippen LogP contribution in [0.3, 0.4) is 0 Å². The number of hydrogen-bond donors (Lipinski definition) is 2. The number of aromatic nitrogens is 3. The second-order valence-corrected chi connectivity index (χ2v) is 4.18. The lowest BCUT2D eigenvalue weighted by Crippen LogP contribution is -2.02. The molecular weight excluding hydrogens is 256 g/mol. The van der Waals surface area contributed by atoms with Gasteiger partial charge in [0.05, 0.1) is 27.8 Å². The predicted octanol–water partition coefficient (Wildman–Crippen LogP) is 1.82. The zero-order valence-electron chi connectivity index (χ0n) is 8.96. The Morgan fingerprint density at radius 3 is 2.94 bits per heavy atom. The Bertz CT molecular complexity index is 796. The lowest BCUT2D eigenvalue weighted by molar-refractivity contribution is 0.0697. The highest BCUT2D eigenvalue weighted by Crippen LogP contribution is 2.27. The maximum atomic E-state index is 11.1. The Labute approximate surface area is 106 Å². The molecule has 0 atom stereocenters. The van der Waals surface area contributed by atoms with Gasteiger partial charge in [-0.05, 0) is 12.1 Å². The smallest absolute Gasteiger partial charge is 0.337 e. The number of carbonyl (C=O) groups is 1. The molecule has 2 heterocycles. The van der Waals surface area contributed by atoms with Crippen LogP contribution in [0.1, 0.15) is 10.4 Å². The van der Waals surface area contributed by atoms with E-state index in [-0.39, 0.29) is 16.5 Å². The quantitative estimate of drug-likeness (QED) is 0.698. The van der Waals surface area contributed by atoms with Gasteiger partial charge in [0.15, 0.2) is 0 Å². The first-order valence-electron chi connectivity index (χ1n) is 5.02. The van der Waals surface area contributed by atoms with Crippen LogP contribution < -0.4 is 5.73 Å². The molecule has 0 unspecified atom stereocenters. The van der Waals surface area contributed by atoms with Gasteiger partial charge in [-0.1, -0.05) is 11.6 Å². The molecule has 90 valence electrons. The third-order valence-corrected chi connectivity index (χ3v) is 3.02. The number of anilines is 1. The molecule has 0 saturated carbocycles. The molecule has 0 aliphatic rings. The summed E-state index contributed by atoms with van der Waals surface area (Å²) in [7, 11) is 0. The van der Waals surface area contributed by atoms with Crippen molar-refractivity contribution in [2.24, 2.45) is 0 Å². The highest BCUT2D eigenvalue weighted by atomic mass is 35.5. The Balaban J connectivity index is 2.52. The van der Waals surface area contributed by atoms with Crippen LogP contribution in [-0.2, 0) is 0 Å². The third kappa shape index (κ3) is 1.39. The van der Waals surface area contributed by atoms with Crippen LogP contribution >= 0.6 is 11.6 Å². The minimum Gasteiger partial charge on any atom is -0.478 e. The van der Waals surface area contributed by atoms with Crippen molar-refractivity contribution in [2.75, 3.05) is 5.73 Å². The third-order valence-electron chi connectivity index (χ3n) is 2.71. The highest BCUT2D eigenvalue weighted by molar-refractivity contribution is 6.34. The predicted molar refractivity (Wildman–Crippen MR) is 66.9 cm³/mol. The van der Waals surface area contributed by atoms with Crippen LogP contribution in [-0.4, -0.2) is 25.4 Å². The van der Waals surface area contributed by atoms with Crippen LogP contribution in [0.5, 0.6) is 0 Å². The zero-order valence-corrected chi connectivity index (χ0v) is 9.72. The van der Waals surface area contributed by atoms with Gasteiger partial charge in [0, 0.05) is 5.39 Å². The number of rotatable bonds is 1. The van der Waals surface area contributed by atoms with E-state index < -0.39 is 5.97 Å². The minimum atomic E-state index is -1.09. The average molecular weight is 263 g/mol. The van der Waals surface area contributed by atoms with Gasteiger partial charge in [-0.15, -0.1) is 0 Å². The fourth-order valence-corrected chi connectivity index (χ4v) is 2.12. The normalized spacial score (nSPS) is 11.2. The lowest BCUT2D eigenvalue weighted by atomic mass is 10.1. The van der Waals surface area contributed by atoms with Gasteiger partial charge in [-0.3, -0.25) is 4.40 Å². The average Bonchev–Trinajstić information content (AvgIpc) is 2.77. The number of aromatic carboxylic acids is 1. The van der Waals surface area contributed by atoms with Crippen molar-refractivity contribution in [1.29, 1.82) is 0 Å². The van der Waals surface area contributed by atoms with E-state index in [0.29, 0.717) is 16.4 Å². The molecule has 0 bridgehead atoms. The van der Waals surface area contributed by atoms with E-state index in [9.17, 15) is 4.79 Å². The Morgan fingerprint density at radius 2 is 2.22 bits per heavy atom. The topological polar surface area (TPSA) is 93.5 Å². The lowest BCUT2D eigenvalue weighted by Gasteiger charge is -2.06. The van der Waals surface area contributed by atoms with Gasteiger partial charge in [0.25, 0.3) is 0 Å². The molecule has 2 aromatic heterocycles. The van der Waals surface area contributed by atoms with Gasteiger partial charge >= 0.3 is 5.97 Å². The number of nitrogens with zero attached hydrogens (tertiary/aromatic N) is 3. The first-order chi connectivity index (χ1) is 8.58. The summed E-state index contributed by atoms with van der Waals surface area (Å²) >= 11 is 5.89. The van der Waals surface area contributed by atoms with Crippen molar-refractivity contribution in [3.63, 3.8) is 0 Å². The van der Waals surface area contributed by atoms with Gasteiger partial charge in [-0.25, -0.2) is 14.8 Å². The molecule has 3 aromatic rings. The maximum absolute atomic E-state index is 11.1. The SMILES string of the molecule is Nc1nc2cc(Cl)c(C(=O)O)cc2c2cncn12. The number of fused-ring (bicyclic) bond motifs is 3. The van der Waals surface area contributed by atoms with Crippen LogP contribution in [0.25, 0.3) is 16.4 Å². The Kier molecular flexibility index (Phi) is 2.14. The molecule has 0 saturated heterocycles. The van der Waals surface area contributed by atoms with E-state index in [0.717, 1.165) is 0 Å². The van der Waals surface area contributed by atoms with Gasteiger partial charge < -0.3 is 10.8 Å². The number of nitrogens with two attached hydrogens (primary N) is 1. The van der Waals surface area contributed by atoms with Gasteiger partial charge in [0.1, 0.15) is 6.33 Å². The molecule has 0 spiro atoms. The van der Waals surface area contributed by atoms with Crippen LogP contribution in [0.2, 0.25) is 5.02 Å². The number of carboxylic acids is 1. The summed E-state index contributed by atoms with van der Waals surface area (Å²) in [5.41, 5.74) is 7.02. The van der Waals surface area contributed by atoms with Crippen LogP contribution in [0.15, 0.2) is 24.7 Å². The van der Waals surface area contributed by atoms with Crippen molar-refractivity contribution in [3.05, 3.63) is 35.2 Å². The number of hydrogen-bond acceptors (Lipinski definition) is 4. The molecule has 0 fully saturated rings. The van der Waals surface area contributed by atoms with E-state index in [1.165, 1.54) is 18.5 Å². The first-order valence-corrected chi connectivity index (χ1v) is 5.40. The Hall–Kier alpha value is -2.34. The molecule has 0 amide bonds. The fourth-order valence-electron chi connectivity index (χ4n) is 1.88. The maximum Gasteiger partial charge on any atom is 0.337 e. The van der Waals surface area contributed by atoms with Crippen molar-refractivity contribution in [3.8, 4) is 0 Å². The van der Waals surface area contributed by atoms with Crippen molar-refractivity contribution >= 4 is 39.9 Å². The molecule has 3 rings (SSSR count). The number of carboxylic acid groups (broad SMARTS) is 1. The molecule has 3 N–H and O–H groups in total. The summed E-state index contributed by atoms with van der Waals surface area (Å²) in [6.07, 6.45) is 3.12. The Morgan fingerprint density at radius 1 is 1.44 bits per heavy atom. The standard InChI is InChI=1S/C11H7ClN4O2/c12-7-2-8-6(1-5(7)10(17)18)9-3-14-4-16(9)11(13)15-8/h1-4H,(H2,13,15)(H,17,18). The first kappa shape index (κ1) is 10.8. The summed E-state index contributed by atoms with van der Waals surface area (Å²) in [5.74, 6) is -0.814. The molecule has 0 aliphatic heterocycles.